The number of allylic oxidation sites excluding steroid dienone is 1. The summed E-state index contributed by atoms with van der Waals surface area (Å²) in [7, 11) is 1.82. The van der Waals surface area contributed by atoms with Crippen LogP contribution in [0.4, 0.5) is 11.6 Å². The van der Waals surface area contributed by atoms with Crippen molar-refractivity contribution in [2.45, 2.75) is 26.7 Å². The lowest BCUT2D eigenvalue weighted by atomic mass is 10.1. The fourth-order valence-electron chi connectivity index (χ4n) is 4.43. The van der Waals surface area contributed by atoms with Gasteiger partial charge in [0, 0.05) is 41.1 Å². The lowest BCUT2D eigenvalue weighted by Gasteiger charge is -2.14. The van der Waals surface area contributed by atoms with Crippen LogP contribution in [-0.2, 0) is 4.79 Å². The second-order valence-corrected chi connectivity index (χ2v) is 10.2. The molecule has 0 aliphatic carbocycles. The molecule has 2 aromatic carbocycles. The van der Waals surface area contributed by atoms with Crippen LogP contribution in [0.3, 0.4) is 0 Å². The predicted octanol–water partition coefficient (Wildman–Crippen LogP) is 5.13. The number of halogens is 1. The molecule has 0 saturated carbocycles. The predicted molar refractivity (Wildman–Crippen MR) is 166 cm³/mol. The summed E-state index contributed by atoms with van der Waals surface area (Å²) in [4.78, 5) is 31.3. The molecule has 1 fully saturated rings. The number of amidine groups is 1. The average molecular weight is 575 g/mol. The summed E-state index contributed by atoms with van der Waals surface area (Å²) in [6.45, 7) is 6.24. The van der Waals surface area contributed by atoms with E-state index in [1.807, 2.05) is 45.3 Å². The van der Waals surface area contributed by atoms with Crippen molar-refractivity contribution in [1.82, 2.24) is 25.2 Å². The number of rotatable bonds is 7. The number of hydrogen-bond acceptors (Lipinski definition) is 7. The highest BCUT2D eigenvalue weighted by Gasteiger charge is 2.17. The molecule has 4 aromatic rings. The van der Waals surface area contributed by atoms with Gasteiger partial charge in [-0.2, -0.15) is 4.99 Å². The van der Waals surface area contributed by atoms with Crippen LogP contribution in [0.2, 0.25) is 5.02 Å². The van der Waals surface area contributed by atoms with E-state index in [0.717, 1.165) is 65.0 Å². The van der Waals surface area contributed by atoms with Crippen molar-refractivity contribution in [3.8, 4) is 17.0 Å². The number of nitrogens with two attached hydrogens (primary N) is 1. The average Bonchev–Trinajstić information content (AvgIpc) is 3.62. The van der Waals surface area contributed by atoms with E-state index in [9.17, 15) is 4.79 Å². The second kappa shape index (κ2) is 13.8. The summed E-state index contributed by atoms with van der Waals surface area (Å²) < 4.78 is 0. The molecule has 1 saturated heterocycles. The first-order chi connectivity index (χ1) is 19.7. The molecular weight excluding hydrogens is 540 g/mol. The molecule has 3 heterocycles. The van der Waals surface area contributed by atoms with Crippen LogP contribution in [0.1, 0.15) is 25.3 Å². The zero-order valence-corrected chi connectivity index (χ0v) is 24.2. The molecule has 0 atom stereocenters. The van der Waals surface area contributed by atoms with Gasteiger partial charge in [0.15, 0.2) is 0 Å². The van der Waals surface area contributed by atoms with Crippen LogP contribution in [0.15, 0.2) is 71.6 Å². The summed E-state index contributed by atoms with van der Waals surface area (Å²) in [5.41, 5.74) is 11.1. The number of amides is 1. The number of fused-ring (bicyclic) bond motifs is 1. The Morgan fingerprint density at radius 1 is 1.22 bits per heavy atom. The van der Waals surface area contributed by atoms with Crippen molar-refractivity contribution in [3.05, 3.63) is 77.2 Å². The highest BCUT2D eigenvalue weighted by atomic mass is 35.5. The number of phenols is 1. The Balaban J connectivity index is 0.000000417. The molecule has 2 aromatic heterocycles. The number of aromatic hydroxyl groups is 1. The van der Waals surface area contributed by atoms with Crippen LogP contribution < -0.4 is 16.4 Å². The topological polar surface area (TPSA) is 145 Å². The van der Waals surface area contributed by atoms with Crippen molar-refractivity contribution in [2.24, 2.45) is 10.7 Å². The minimum absolute atomic E-state index is 0.00391. The molecule has 0 radical (unpaired) electrons. The van der Waals surface area contributed by atoms with Crippen molar-refractivity contribution >= 4 is 45.9 Å². The molecule has 1 aliphatic heterocycles. The number of phenolic OH excluding ortho intramolecular Hbond substituents is 1. The lowest BCUT2D eigenvalue weighted by Crippen LogP contribution is -2.30. The number of aryl methyl sites for hydroxylation is 1. The van der Waals surface area contributed by atoms with Gasteiger partial charge in [-0.05, 0) is 81.7 Å². The number of H-pyrrole nitrogens is 1. The number of nitrogens with zero attached hydrogens (tertiary/aromatic N) is 4. The zero-order valence-electron chi connectivity index (χ0n) is 23.4. The van der Waals surface area contributed by atoms with Gasteiger partial charge in [0.2, 0.25) is 5.91 Å². The zero-order chi connectivity index (χ0) is 29.4. The van der Waals surface area contributed by atoms with Crippen molar-refractivity contribution < 1.29 is 9.90 Å². The van der Waals surface area contributed by atoms with E-state index in [4.69, 9.17) is 22.4 Å². The maximum atomic E-state index is 12.6. The van der Waals surface area contributed by atoms with E-state index in [0.29, 0.717) is 17.4 Å². The lowest BCUT2D eigenvalue weighted by molar-refractivity contribution is -0.117. The van der Waals surface area contributed by atoms with Crippen LogP contribution in [0.25, 0.3) is 22.2 Å². The Labute approximate surface area is 244 Å². The van der Waals surface area contributed by atoms with Gasteiger partial charge < -0.3 is 26.5 Å². The van der Waals surface area contributed by atoms with Crippen LogP contribution in [-0.4, -0.2) is 63.4 Å². The molecule has 41 heavy (non-hydrogen) atoms. The smallest absolute Gasteiger partial charge is 0.251 e. The van der Waals surface area contributed by atoms with E-state index < -0.39 is 0 Å². The highest BCUT2D eigenvalue weighted by Crippen LogP contribution is 2.33. The summed E-state index contributed by atoms with van der Waals surface area (Å²) in [5.74, 6) is 0.849. The van der Waals surface area contributed by atoms with Gasteiger partial charge in [-0.15, -0.1) is 0 Å². The number of aromatic nitrogens is 3. The van der Waals surface area contributed by atoms with Crippen molar-refractivity contribution in [2.75, 3.05) is 32.0 Å². The van der Waals surface area contributed by atoms with E-state index >= 15 is 0 Å². The molecule has 214 valence electrons. The molecule has 5 rings (SSSR count). The van der Waals surface area contributed by atoms with E-state index in [1.54, 1.807) is 36.5 Å². The molecule has 10 nitrogen and oxygen atoms in total. The normalized spacial score (nSPS) is 14.0. The molecular formula is C30H35ClN8O2. The largest absolute Gasteiger partial charge is 0.508 e. The van der Waals surface area contributed by atoms with Gasteiger partial charge in [0.25, 0.3) is 5.95 Å². The molecule has 0 bridgehead atoms. The summed E-state index contributed by atoms with van der Waals surface area (Å²) in [6.07, 6.45) is 7.68. The fourth-order valence-corrected chi connectivity index (χ4v) is 4.56. The number of aromatic amines is 1. The van der Waals surface area contributed by atoms with Gasteiger partial charge in [-0.1, -0.05) is 23.7 Å². The number of anilines is 1. The number of hydrogen-bond donors (Lipinski definition) is 5. The van der Waals surface area contributed by atoms with Crippen LogP contribution in [0, 0.1) is 6.92 Å². The molecule has 1 aliphatic rings. The summed E-state index contributed by atoms with van der Waals surface area (Å²) in [6, 6.07) is 12.2. The number of nitrogens with one attached hydrogen (secondary N) is 3. The monoisotopic (exact) mass is 574 g/mol. The van der Waals surface area contributed by atoms with E-state index in [1.165, 1.54) is 0 Å². The Hall–Kier alpha value is -4.41. The first-order valence-corrected chi connectivity index (χ1v) is 13.7. The second-order valence-electron chi connectivity index (χ2n) is 9.75. The number of likely N-dealkylation sites (tertiary alicyclic amines) is 1. The summed E-state index contributed by atoms with van der Waals surface area (Å²) >= 11 is 5.50. The highest BCUT2D eigenvalue weighted by molar-refractivity contribution is 6.30. The van der Waals surface area contributed by atoms with Crippen molar-refractivity contribution in [1.29, 1.82) is 0 Å². The number of para-hydroxylation sites is 1. The van der Waals surface area contributed by atoms with Gasteiger partial charge in [0.05, 0.1) is 23.4 Å². The van der Waals surface area contributed by atoms with Crippen LogP contribution in [0.5, 0.6) is 5.75 Å². The number of aliphatic imine (C=N–C) groups is 1. The number of carbonyl (C=O) groups is 1. The van der Waals surface area contributed by atoms with Crippen LogP contribution >= 0.6 is 11.6 Å². The molecule has 0 spiro atoms. The maximum Gasteiger partial charge on any atom is 0.251 e. The Kier molecular flexibility index (Phi) is 9.94. The maximum absolute atomic E-state index is 12.6. The van der Waals surface area contributed by atoms with Gasteiger partial charge in [-0.3, -0.25) is 9.69 Å². The Bertz CT molecular complexity index is 1540. The third-order valence-corrected chi connectivity index (χ3v) is 6.84. The molecule has 11 heteroatoms. The number of carbonyl (C=O) groups excluding carboxylic acids is 1. The third kappa shape index (κ3) is 8.06. The van der Waals surface area contributed by atoms with E-state index in [2.05, 4.69) is 35.5 Å². The van der Waals surface area contributed by atoms with E-state index in [-0.39, 0.29) is 17.6 Å². The van der Waals surface area contributed by atoms with Crippen molar-refractivity contribution in [3.63, 3.8) is 0 Å². The summed E-state index contributed by atoms with van der Waals surface area (Å²) in [5, 5.41) is 16.4. The third-order valence-electron chi connectivity index (χ3n) is 6.58. The Morgan fingerprint density at radius 3 is 2.63 bits per heavy atom. The SMILES string of the molecule is CN/C(C)=C\C(N)=N/c1ncc(C)c(-c2c[nH]c3c(NC(=O)CN4CCCC4)cccc23)n1.Oc1ccc(Cl)cc1. The first-order valence-electron chi connectivity index (χ1n) is 13.3. The number of benzene rings is 2. The fraction of sp³-hybridized carbons (Fsp3) is 0.267. The quantitative estimate of drug-likeness (QED) is 0.152. The minimum atomic E-state index is -0.00391. The molecule has 0 unspecified atom stereocenters. The minimum Gasteiger partial charge on any atom is -0.508 e. The van der Waals surface area contributed by atoms with Gasteiger partial charge in [0.1, 0.15) is 11.6 Å². The Morgan fingerprint density at radius 2 is 1.95 bits per heavy atom. The van der Waals surface area contributed by atoms with Gasteiger partial charge >= 0.3 is 0 Å². The molecule has 6 N–H and O–H groups in total. The van der Waals surface area contributed by atoms with Gasteiger partial charge in [-0.25, -0.2) is 9.97 Å². The first kappa shape index (κ1) is 29.6. The standard InChI is InChI=1S/C24H30N8O.C6H5ClO/c1-15-12-28-24(30-20(25)11-16(2)26-3)31-22(15)18-13-27-23-17(18)7-6-8-19(23)29-21(33)14-32-9-4-5-10-32;7-5-1-3-6(8)4-2-5/h6-8,11-13,26-27H,4-5,9-10,14H2,1-3H3,(H,29,33)(H2,25,28,30,31);1-4,8H/b16-11-;. The molecule has 1 amide bonds.